The van der Waals surface area contributed by atoms with Gasteiger partial charge in [0.15, 0.2) is 0 Å². The largest absolute Gasteiger partial charge is 0.324 e. The third-order valence-corrected chi connectivity index (χ3v) is 3.99. The molecule has 0 radical (unpaired) electrons. The molecule has 0 heterocycles. The molecule has 0 spiro atoms. The van der Waals surface area contributed by atoms with Crippen LogP contribution in [0.4, 0.5) is 0 Å². The van der Waals surface area contributed by atoms with Crippen molar-refractivity contribution in [2.45, 2.75) is 44.0 Å². The van der Waals surface area contributed by atoms with Crippen LogP contribution < -0.4 is 10.5 Å². The average Bonchev–Trinajstić information content (AvgIpc) is 2.26. The molecule has 0 aromatic heterocycles. The van der Waals surface area contributed by atoms with E-state index in [1.807, 2.05) is 12.1 Å². The summed E-state index contributed by atoms with van der Waals surface area (Å²) in [5, 5.41) is 0. The molecule has 18 heavy (non-hydrogen) atoms. The van der Waals surface area contributed by atoms with Gasteiger partial charge in [-0.1, -0.05) is 26.0 Å². The molecule has 5 heteroatoms. The number of sulfonamides is 1. The van der Waals surface area contributed by atoms with E-state index in [-0.39, 0.29) is 11.4 Å². The van der Waals surface area contributed by atoms with Crippen LogP contribution in [0.3, 0.4) is 0 Å². The highest BCUT2D eigenvalue weighted by Gasteiger charge is 2.18. The van der Waals surface area contributed by atoms with Crippen molar-refractivity contribution >= 4 is 10.0 Å². The van der Waals surface area contributed by atoms with Gasteiger partial charge in [-0.15, -0.1) is 0 Å². The lowest BCUT2D eigenvalue weighted by Gasteiger charge is -2.19. The minimum absolute atomic E-state index is 0.210. The zero-order valence-corrected chi connectivity index (χ0v) is 12.2. The summed E-state index contributed by atoms with van der Waals surface area (Å²) in [6.45, 7) is 7.90. The van der Waals surface area contributed by atoms with Crippen LogP contribution >= 0.6 is 0 Å². The molecule has 0 fully saturated rings. The second-order valence-electron chi connectivity index (χ2n) is 5.54. The molecule has 0 saturated carbocycles. The van der Waals surface area contributed by atoms with Crippen molar-refractivity contribution in [2.24, 2.45) is 5.73 Å². The monoisotopic (exact) mass is 270 g/mol. The van der Waals surface area contributed by atoms with E-state index in [9.17, 15) is 8.42 Å². The van der Waals surface area contributed by atoms with E-state index in [4.69, 9.17) is 5.73 Å². The number of nitrogens with one attached hydrogen (secondary N) is 1. The first kappa shape index (κ1) is 15.1. The summed E-state index contributed by atoms with van der Waals surface area (Å²) in [6.07, 6.45) is 0. The van der Waals surface area contributed by atoms with Gasteiger partial charge in [0.2, 0.25) is 10.0 Å². The van der Waals surface area contributed by atoms with Crippen LogP contribution in [-0.4, -0.2) is 20.5 Å². The molecule has 0 bridgehead atoms. The number of benzene rings is 1. The molecular weight excluding hydrogens is 248 g/mol. The van der Waals surface area contributed by atoms with E-state index in [1.165, 1.54) is 0 Å². The first-order valence-electron chi connectivity index (χ1n) is 6.00. The van der Waals surface area contributed by atoms with Crippen molar-refractivity contribution in [3.05, 3.63) is 29.8 Å². The van der Waals surface area contributed by atoms with E-state index in [1.54, 1.807) is 26.0 Å². The first-order valence-corrected chi connectivity index (χ1v) is 7.49. The summed E-state index contributed by atoms with van der Waals surface area (Å²) in [4.78, 5) is 0.274. The number of nitrogens with two attached hydrogens (primary N) is 1. The minimum Gasteiger partial charge on any atom is -0.324 e. The highest BCUT2D eigenvalue weighted by molar-refractivity contribution is 7.89. The van der Waals surface area contributed by atoms with Crippen LogP contribution in [0.2, 0.25) is 0 Å². The SMILES string of the molecule is CC(C)c1ccc(S(=O)(=O)NCC(C)(C)N)cc1. The zero-order chi connectivity index (χ0) is 14.0. The topological polar surface area (TPSA) is 72.2 Å². The molecule has 0 aliphatic rings. The Morgan fingerprint density at radius 3 is 2.11 bits per heavy atom. The van der Waals surface area contributed by atoms with Crippen molar-refractivity contribution in [1.29, 1.82) is 0 Å². The first-order chi connectivity index (χ1) is 8.12. The lowest BCUT2D eigenvalue weighted by molar-refractivity contribution is 0.498. The number of hydrogen-bond acceptors (Lipinski definition) is 3. The predicted molar refractivity (Wildman–Crippen MR) is 74.0 cm³/mol. The van der Waals surface area contributed by atoms with Gasteiger partial charge >= 0.3 is 0 Å². The fourth-order valence-electron chi connectivity index (χ4n) is 1.40. The second kappa shape index (κ2) is 5.38. The van der Waals surface area contributed by atoms with E-state index in [2.05, 4.69) is 18.6 Å². The Labute approximate surface area is 110 Å². The van der Waals surface area contributed by atoms with Crippen LogP contribution in [0.15, 0.2) is 29.2 Å². The molecule has 1 aromatic rings. The van der Waals surface area contributed by atoms with Crippen LogP contribution in [0.1, 0.15) is 39.2 Å². The van der Waals surface area contributed by atoms with E-state index < -0.39 is 15.6 Å². The third kappa shape index (κ3) is 4.40. The molecular formula is C13H22N2O2S. The van der Waals surface area contributed by atoms with Crippen LogP contribution in [0.5, 0.6) is 0 Å². The summed E-state index contributed by atoms with van der Waals surface area (Å²) in [6, 6.07) is 6.93. The third-order valence-electron chi connectivity index (χ3n) is 2.57. The van der Waals surface area contributed by atoms with Crippen LogP contribution in [0, 0.1) is 0 Å². The Hall–Kier alpha value is -0.910. The summed E-state index contributed by atoms with van der Waals surface area (Å²) in [7, 11) is -3.47. The molecule has 3 N–H and O–H groups in total. The van der Waals surface area contributed by atoms with Gasteiger partial charge in [-0.25, -0.2) is 13.1 Å². The Morgan fingerprint density at radius 2 is 1.72 bits per heavy atom. The lowest BCUT2D eigenvalue weighted by Crippen LogP contribution is -2.45. The van der Waals surface area contributed by atoms with Crippen molar-refractivity contribution in [2.75, 3.05) is 6.54 Å². The Bertz CT molecular complexity index is 485. The highest BCUT2D eigenvalue weighted by Crippen LogP contribution is 2.17. The maximum Gasteiger partial charge on any atom is 0.240 e. The Balaban J connectivity index is 2.86. The van der Waals surface area contributed by atoms with Gasteiger partial charge in [-0.3, -0.25) is 0 Å². The molecule has 1 aromatic carbocycles. The van der Waals surface area contributed by atoms with Gasteiger partial charge in [0.25, 0.3) is 0 Å². The van der Waals surface area contributed by atoms with E-state index in [0.717, 1.165) is 5.56 Å². The summed E-state index contributed by atoms with van der Waals surface area (Å²) < 4.78 is 26.5. The molecule has 0 unspecified atom stereocenters. The number of hydrogen-bond donors (Lipinski definition) is 2. The fourth-order valence-corrected chi connectivity index (χ4v) is 2.62. The standard InChI is InChI=1S/C13H22N2O2S/c1-10(2)11-5-7-12(8-6-11)18(16,17)15-9-13(3,4)14/h5-8,10,15H,9,14H2,1-4H3. The lowest BCUT2D eigenvalue weighted by atomic mass is 10.0. The minimum atomic E-state index is -3.47. The highest BCUT2D eigenvalue weighted by atomic mass is 32.2. The molecule has 102 valence electrons. The molecule has 0 amide bonds. The Kier molecular flexibility index (Phi) is 4.53. The van der Waals surface area contributed by atoms with Gasteiger partial charge < -0.3 is 5.73 Å². The van der Waals surface area contributed by atoms with Crippen molar-refractivity contribution in [3.8, 4) is 0 Å². The van der Waals surface area contributed by atoms with Gasteiger partial charge in [0.05, 0.1) is 4.90 Å². The molecule has 0 atom stereocenters. The summed E-state index contributed by atoms with van der Waals surface area (Å²) in [5.41, 5.74) is 6.31. The van der Waals surface area contributed by atoms with Crippen molar-refractivity contribution in [1.82, 2.24) is 4.72 Å². The maximum atomic E-state index is 12.0. The van der Waals surface area contributed by atoms with Crippen molar-refractivity contribution in [3.63, 3.8) is 0 Å². The van der Waals surface area contributed by atoms with Gasteiger partial charge in [-0.2, -0.15) is 0 Å². The van der Waals surface area contributed by atoms with Crippen molar-refractivity contribution < 1.29 is 8.42 Å². The summed E-state index contributed by atoms with van der Waals surface area (Å²) in [5.74, 6) is 0.387. The Morgan fingerprint density at radius 1 is 1.22 bits per heavy atom. The molecule has 0 aliphatic carbocycles. The quantitative estimate of drug-likeness (QED) is 0.857. The molecule has 1 rings (SSSR count). The zero-order valence-electron chi connectivity index (χ0n) is 11.4. The smallest absolute Gasteiger partial charge is 0.240 e. The average molecular weight is 270 g/mol. The molecule has 0 aliphatic heterocycles. The number of rotatable bonds is 5. The van der Waals surface area contributed by atoms with Crippen LogP contribution in [0.25, 0.3) is 0 Å². The van der Waals surface area contributed by atoms with Crippen LogP contribution in [-0.2, 0) is 10.0 Å². The van der Waals surface area contributed by atoms with Gasteiger partial charge in [0.1, 0.15) is 0 Å². The van der Waals surface area contributed by atoms with E-state index >= 15 is 0 Å². The predicted octanol–water partition coefficient (Wildman–Crippen LogP) is 1.83. The molecule has 0 saturated heterocycles. The summed E-state index contributed by atoms with van der Waals surface area (Å²) >= 11 is 0. The van der Waals surface area contributed by atoms with E-state index in [0.29, 0.717) is 5.92 Å². The van der Waals surface area contributed by atoms with Gasteiger partial charge in [0, 0.05) is 12.1 Å². The fraction of sp³-hybridized carbons (Fsp3) is 0.538. The van der Waals surface area contributed by atoms with Gasteiger partial charge in [-0.05, 0) is 37.5 Å². The second-order valence-corrected chi connectivity index (χ2v) is 7.30. The molecule has 4 nitrogen and oxygen atoms in total. The maximum absolute atomic E-state index is 12.0. The normalized spacial score (nSPS) is 13.0.